The molecule has 0 unspecified atom stereocenters. The Morgan fingerprint density at radius 1 is 1.31 bits per heavy atom. The lowest BCUT2D eigenvalue weighted by molar-refractivity contribution is 0.177. The molecule has 2 rings (SSSR count). The highest BCUT2D eigenvalue weighted by Crippen LogP contribution is 2.16. The molecule has 13 heavy (non-hydrogen) atoms. The normalized spacial score (nSPS) is 20.0. The van der Waals surface area contributed by atoms with Crippen molar-refractivity contribution in [1.82, 2.24) is 5.32 Å². The van der Waals surface area contributed by atoms with Gasteiger partial charge in [-0.05, 0) is 5.56 Å². The Hall–Kier alpha value is -1.22. The molecule has 1 aliphatic rings. The minimum atomic E-state index is -0.330. The lowest BCUT2D eigenvalue weighted by Gasteiger charge is -2.05. The maximum atomic E-state index is 10.7. The van der Waals surface area contributed by atoms with Gasteiger partial charge in [0.2, 0.25) is 0 Å². The first-order chi connectivity index (χ1) is 5.86. The van der Waals surface area contributed by atoms with Crippen LogP contribution in [0.15, 0.2) is 30.3 Å². The number of benzene rings is 1. The third kappa shape index (κ3) is 2.12. The van der Waals surface area contributed by atoms with Gasteiger partial charge in [-0.1, -0.05) is 30.3 Å². The van der Waals surface area contributed by atoms with Gasteiger partial charge in [0.05, 0.1) is 6.04 Å². The number of hydrogen-bond acceptors (Lipinski definition) is 2. The Morgan fingerprint density at radius 3 is 2.54 bits per heavy atom. The van der Waals surface area contributed by atoms with E-state index in [1.165, 1.54) is 0 Å². The summed E-state index contributed by atoms with van der Waals surface area (Å²) in [6.07, 6.45) is -0.330. The van der Waals surface area contributed by atoms with Gasteiger partial charge in [0.15, 0.2) is 0 Å². The summed E-state index contributed by atoms with van der Waals surface area (Å²) in [4.78, 5) is 10.7. The Kier molecular flexibility index (Phi) is 3.14. The standard InChI is InChI=1S/C9H9NO2.ClH/c11-9-10-8(6-12-9)7-4-2-1-3-5-7;/h1-5,8H,6H2,(H,10,11);1H/t8-;/m0./s1. The number of ether oxygens (including phenoxy) is 1. The number of hydrogen-bond donors (Lipinski definition) is 1. The minimum Gasteiger partial charge on any atom is -0.447 e. The van der Waals surface area contributed by atoms with Crippen molar-refractivity contribution in [3.63, 3.8) is 0 Å². The van der Waals surface area contributed by atoms with Crippen LogP contribution in [0.5, 0.6) is 0 Å². The highest BCUT2D eigenvalue weighted by molar-refractivity contribution is 5.85. The smallest absolute Gasteiger partial charge is 0.407 e. The molecule has 1 aromatic rings. The predicted octanol–water partition coefficient (Wildman–Crippen LogP) is 1.89. The number of halogens is 1. The molecule has 1 aromatic carbocycles. The fraction of sp³-hybridized carbons (Fsp3) is 0.222. The van der Waals surface area contributed by atoms with Crippen molar-refractivity contribution < 1.29 is 9.53 Å². The largest absolute Gasteiger partial charge is 0.447 e. The van der Waals surface area contributed by atoms with Gasteiger partial charge in [-0.15, -0.1) is 12.4 Å². The molecule has 1 aliphatic heterocycles. The van der Waals surface area contributed by atoms with Crippen LogP contribution in [0.1, 0.15) is 11.6 Å². The van der Waals surface area contributed by atoms with Crippen LogP contribution in [0.25, 0.3) is 0 Å². The minimum absolute atomic E-state index is 0. The van der Waals surface area contributed by atoms with Gasteiger partial charge in [-0.25, -0.2) is 4.79 Å². The van der Waals surface area contributed by atoms with Crippen molar-refractivity contribution in [2.24, 2.45) is 0 Å². The van der Waals surface area contributed by atoms with Crippen LogP contribution in [-0.2, 0) is 4.74 Å². The summed E-state index contributed by atoms with van der Waals surface area (Å²) in [6.45, 7) is 0.433. The van der Waals surface area contributed by atoms with E-state index in [0.29, 0.717) is 6.61 Å². The second kappa shape index (κ2) is 4.14. The summed E-state index contributed by atoms with van der Waals surface area (Å²) < 4.78 is 4.77. The van der Waals surface area contributed by atoms with Gasteiger partial charge in [0.1, 0.15) is 6.61 Å². The highest BCUT2D eigenvalue weighted by atomic mass is 35.5. The predicted molar refractivity (Wildman–Crippen MR) is 50.9 cm³/mol. The van der Waals surface area contributed by atoms with Crippen molar-refractivity contribution in [3.8, 4) is 0 Å². The zero-order chi connectivity index (χ0) is 8.39. The SMILES string of the molecule is Cl.O=C1N[C@H](c2ccccc2)CO1. The summed E-state index contributed by atoms with van der Waals surface area (Å²) in [5.74, 6) is 0. The van der Waals surface area contributed by atoms with Gasteiger partial charge in [-0.2, -0.15) is 0 Å². The maximum Gasteiger partial charge on any atom is 0.407 e. The van der Waals surface area contributed by atoms with E-state index in [2.05, 4.69) is 5.32 Å². The molecule has 0 spiro atoms. The van der Waals surface area contributed by atoms with Crippen molar-refractivity contribution in [2.45, 2.75) is 6.04 Å². The third-order valence-corrected chi connectivity index (χ3v) is 1.88. The van der Waals surface area contributed by atoms with Gasteiger partial charge in [0, 0.05) is 0 Å². The molecule has 0 bridgehead atoms. The van der Waals surface area contributed by atoms with Gasteiger partial charge >= 0.3 is 6.09 Å². The molecule has 1 heterocycles. The molecular formula is C9H10ClNO2. The number of nitrogens with one attached hydrogen (secondary N) is 1. The quantitative estimate of drug-likeness (QED) is 0.750. The van der Waals surface area contributed by atoms with Crippen LogP contribution in [0.2, 0.25) is 0 Å². The fourth-order valence-electron chi connectivity index (χ4n) is 1.25. The van der Waals surface area contributed by atoms with E-state index in [4.69, 9.17) is 4.74 Å². The zero-order valence-electron chi connectivity index (χ0n) is 6.90. The lowest BCUT2D eigenvalue weighted by Crippen LogP contribution is -2.17. The van der Waals surface area contributed by atoms with Crippen molar-refractivity contribution >= 4 is 18.5 Å². The molecule has 3 nitrogen and oxygen atoms in total. The second-order valence-electron chi connectivity index (χ2n) is 2.71. The molecule has 1 amide bonds. The van der Waals surface area contributed by atoms with Crippen molar-refractivity contribution in [3.05, 3.63) is 35.9 Å². The van der Waals surface area contributed by atoms with E-state index in [9.17, 15) is 4.79 Å². The first kappa shape index (κ1) is 9.86. The molecule has 0 aliphatic carbocycles. The summed E-state index contributed by atoms with van der Waals surface area (Å²) in [5.41, 5.74) is 1.09. The molecule has 4 heteroatoms. The van der Waals surface area contributed by atoms with Crippen LogP contribution in [0.4, 0.5) is 4.79 Å². The van der Waals surface area contributed by atoms with E-state index in [-0.39, 0.29) is 24.5 Å². The van der Waals surface area contributed by atoms with Crippen LogP contribution >= 0.6 is 12.4 Å². The van der Waals surface area contributed by atoms with E-state index >= 15 is 0 Å². The molecule has 0 aromatic heterocycles. The third-order valence-electron chi connectivity index (χ3n) is 1.88. The Morgan fingerprint density at radius 2 is 2.00 bits per heavy atom. The van der Waals surface area contributed by atoms with Crippen molar-refractivity contribution in [1.29, 1.82) is 0 Å². The van der Waals surface area contributed by atoms with Gasteiger partial charge in [-0.3, -0.25) is 0 Å². The average Bonchev–Trinajstić information content (AvgIpc) is 2.54. The summed E-state index contributed by atoms with van der Waals surface area (Å²) in [7, 11) is 0. The molecule has 70 valence electrons. The second-order valence-corrected chi connectivity index (χ2v) is 2.71. The molecule has 0 saturated carbocycles. The molecule has 1 saturated heterocycles. The van der Waals surface area contributed by atoms with Crippen LogP contribution in [0, 0.1) is 0 Å². The topological polar surface area (TPSA) is 38.3 Å². The summed E-state index contributed by atoms with van der Waals surface area (Å²) in [6, 6.07) is 9.80. The average molecular weight is 200 g/mol. The molecule has 1 fully saturated rings. The Balaban J connectivity index is 0.000000845. The Bertz CT molecular complexity index is 289. The van der Waals surface area contributed by atoms with E-state index in [0.717, 1.165) is 5.56 Å². The number of carbonyl (C=O) groups is 1. The number of amides is 1. The first-order valence-corrected chi connectivity index (χ1v) is 3.84. The number of cyclic esters (lactones) is 1. The molecular weight excluding hydrogens is 190 g/mol. The summed E-state index contributed by atoms with van der Waals surface area (Å²) in [5, 5.41) is 2.71. The van der Waals surface area contributed by atoms with E-state index in [1.54, 1.807) is 0 Å². The number of rotatable bonds is 1. The zero-order valence-corrected chi connectivity index (χ0v) is 7.71. The fourth-order valence-corrected chi connectivity index (χ4v) is 1.25. The molecule has 1 atom stereocenters. The van der Waals surface area contributed by atoms with E-state index in [1.807, 2.05) is 30.3 Å². The Labute approximate surface area is 82.5 Å². The lowest BCUT2D eigenvalue weighted by atomic mass is 10.1. The first-order valence-electron chi connectivity index (χ1n) is 3.84. The van der Waals surface area contributed by atoms with Gasteiger partial charge in [0.25, 0.3) is 0 Å². The number of carbonyl (C=O) groups excluding carboxylic acids is 1. The van der Waals surface area contributed by atoms with E-state index < -0.39 is 0 Å². The molecule has 1 N–H and O–H groups in total. The van der Waals surface area contributed by atoms with Crippen molar-refractivity contribution in [2.75, 3.05) is 6.61 Å². The summed E-state index contributed by atoms with van der Waals surface area (Å²) >= 11 is 0. The van der Waals surface area contributed by atoms with Crippen LogP contribution in [0.3, 0.4) is 0 Å². The number of alkyl carbamates (subject to hydrolysis) is 1. The monoisotopic (exact) mass is 199 g/mol. The maximum absolute atomic E-state index is 10.7. The van der Waals surface area contributed by atoms with Gasteiger partial charge < -0.3 is 10.1 Å². The highest BCUT2D eigenvalue weighted by Gasteiger charge is 2.22. The van der Waals surface area contributed by atoms with Crippen LogP contribution in [-0.4, -0.2) is 12.7 Å². The van der Waals surface area contributed by atoms with Crippen LogP contribution < -0.4 is 5.32 Å². The molecule has 0 radical (unpaired) electrons.